The molecule has 2 rings (SSSR count). The van der Waals surface area contributed by atoms with E-state index in [1.54, 1.807) is 18.5 Å². The van der Waals surface area contributed by atoms with E-state index in [0.717, 1.165) is 5.69 Å². The highest BCUT2D eigenvalue weighted by molar-refractivity contribution is 7.89. The van der Waals surface area contributed by atoms with Crippen LogP contribution in [0.15, 0.2) is 17.2 Å². The van der Waals surface area contributed by atoms with E-state index in [9.17, 15) is 8.42 Å². The number of aromatic nitrogens is 4. The van der Waals surface area contributed by atoms with Gasteiger partial charge in [-0.1, -0.05) is 0 Å². The summed E-state index contributed by atoms with van der Waals surface area (Å²) < 4.78 is 26.5. The monoisotopic (exact) mass is 297 g/mol. The van der Waals surface area contributed by atoms with Gasteiger partial charge in [0.05, 0.1) is 23.6 Å². The smallest absolute Gasteiger partial charge is 0.241 e. The topological polar surface area (TPSA) is 95.8 Å². The molecule has 0 aliphatic heterocycles. The predicted molar refractivity (Wildman–Crippen MR) is 74.8 cm³/mol. The highest BCUT2D eigenvalue weighted by Crippen LogP contribution is 2.18. The van der Waals surface area contributed by atoms with E-state index < -0.39 is 10.0 Å². The molecule has 0 radical (unpaired) electrons. The Morgan fingerprint density at radius 3 is 2.40 bits per heavy atom. The molecule has 0 bridgehead atoms. The average molecular weight is 297 g/mol. The van der Waals surface area contributed by atoms with Gasteiger partial charge in [-0.3, -0.25) is 9.36 Å². The van der Waals surface area contributed by atoms with E-state index in [-0.39, 0.29) is 10.9 Å². The maximum Gasteiger partial charge on any atom is 0.241 e. The SMILES string of the molecule is Cc1nn(Cc2ccn(C(C)C)n2)c(C)c1S(N)(=O)=O. The van der Waals surface area contributed by atoms with Crippen LogP contribution in [0.25, 0.3) is 0 Å². The molecule has 0 saturated carbocycles. The van der Waals surface area contributed by atoms with Gasteiger partial charge in [0, 0.05) is 12.2 Å². The minimum Gasteiger partial charge on any atom is -0.270 e. The second kappa shape index (κ2) is 5.02. The number of nitrogens with zero attached hydrogens (tertiary/aromatic N) is 4. The molecule has 2 heterocycles. The lowest BCUT2D eigenvalue weighted by Gasteiger charge is -2.05. The van der Waals surface area contributed by atoms with Gasteiger partial charge in [0.1, 0.15) is 4.90 Å². The summed E-state index contributed by atoms with van der Waals surface area (Å²) in [6.07, 6.45) is 1.90. The Bertz CT molecular complexity index is 727. The van der Waals surface area contributed by atoms with Crippen LogP contribution in [0.1, 0.15) is 37.0 Å². The van der Waals surface area contributed by atoms with Crippen LogP contribution in [0.4, 0.5) is 0 Å². The molecule has 0 aromatic carbocycles. The Balaban J connectivity index is 2.35. The molecule has 2 N–H and O–H groups in total. The van der Waals surface area contributed by atoms with Crippen molar-refractivity contribution in [2.75, 3.05) is 0 Å². The first-order chi connectivity index (χ1) is 9.20. The summed E-state index contributed by atoms with van der Waals surface area (Å²) in [6.45, 7) is 7.83. The van der Waals surface area contributed by atoms with Crippen molar-refractivity contribution in [3.05, 3.63) is 29.3 Å². The lowest BCUT2D eigenvalue weighted by molar-refractivity contribution is 0.519. The third-order valence-corrected chi connectivity index (χ3v) is 4.26. The van der Waals surface area contributed by atoms with Crippen LogP contribution in [0, 0.1) is 13.8 Å². The highest BCUT2D eigenvalue weighted by Gasteiger charge is 2.21. The number of hydrogen-bond donors (Lipinski definition) is 1. The zero-order valence-electron chi connectivity index (χ0n) is 12.0. The summed E-state index contributed by atoms with van der Waals surface area (Å²) in [7, 11) is -3.75. The molecule has 0 aliphatic rings. The van der Waals surface area contributed by atoms with Crippen LogP contribution in [-0.2, 0) is 16.6 Å². The van der Waals surface area contributed by atoms with E-state index in [1.165, 1.54) is 0 Å². The minimum atomic E-state index is -3.75. The number of rotatable bonds is 4. The van der Waals surface area contributed by atoms with Crippen molar-refractivity contribution in [3.63, 3.8) is 0 Å². The predicted octanol–water partition coefficient (Wildman–Crippen LogP) is 0.973. The Labute approximate surface area is 118 Å². The fourth-order valence-corrected chi connectivity index (χ4v) is 3.12. The van der Waals surface area contributed by atoms with Crippen LogP contribution in [0.2, 0.25) is 0 Å². The van der Waals surface area contributed by atoms with Crippen molar-refractivity contribution in [1.82, 2.24) is 19.6 Å². The summed E-state index contributed by atoms with van der Waals surface area (Å²) >= 11 is 0. The minimum absolute atomic E-state index is 0.0980. The van der Waals surface area contributed by atoms with E-state index in [4.69, 9.17) is 5.14 Å². The molecule has 2 aromatic rings. The molecule has 7 nitrogen and oxygen atoms in total. The van der Waals surface area contributed by atoms with Crippen molar-refractivity contribution in [2.45, 2.75) is 45.2 Å². The molecular formula is C12H19N5O2S. The first kappa shape index (κ1) is 14.7. The number of primary sulfonamides is 1. The summed E-state index contributed by atoms with van der Waals surface area (Å²) in [6, 6.07) is 2.18. The standard InChI is InChI=1S/C12H19N5O2S/c1-8(2)16-6-5-11(15-16)7-17-10(4)12(9(3)14-17)20(13,18)19/h5-6,8H,7H2,1-4H3,(H2,13,18,19). The van der Waals surface area contributed by atoms with Gasteiger partial charge >= 0.3 is 0 Å². The third kappa shape index (κ3) is 2.75. The Morgan fingerprint density at radius 1 is 1.30 bits per heavy atom. The maximum absolute atomic E-state index is 11.5. The number of nitrogens with two attached hydrogens (primary N) is 1. The zero-order chi connectivity index (χ0) is 15.1. The van der Waals surface area contributed by atoms with Crippen LogP contribution in [0.3, 0.4) is 0 Å². The second-order valence-corrected chi connectivity index (χ2v) is 6.58. The lowest BCUT2D eigenvalue weighted by atomic mass is 10.4. The second-order valence-electron chi connectivity index (χ2n) is 5.08. The molecule has 8 heteroatoms. The maximum atomic E-state index is 11.5. The van der Waals surface area contributed by atoms with Gasteiger partial charge in [0.15, 0.2) is 0 Å². The molecule has 0 saturated heterocycles. The fraction of sp³-hybridized carbons (Fsp3) is 0.500. The van der Waals surface area contributed by atoms with Crippen molar-refractivity contribution in [1.29, 1.82) is 0 Å². The number of hydrogen-bond acceptors (Lipinski definition) is 4. The van der Waals surface area contributed by atoms with Crippen molar-refractivity contribution in [2.24, 2.45) is 5.14 Å². The normalized spacial score (nSPS) is 12.3. The quantitative estimate of drug-likeness (QED) is 0.909. The largest absolute Gasteiger partial charge is 0.270 e. The van der Waals surface area contributed by atoms with Crippen molar-refractivity contribution in [3.8, 4) is 0 Å². The van der Waals surface area contributed by atoms with Gasteiger partial charge in [-0.2, -0.15) is 10.2 Å². The molecule has 0 spiro atoms. The Morgan fingerprint density at radius 2 is 1.95 bits per heavy atom. The van der Waals surface area contributed by atoms with E-state index >= 15 is 0 Å². The fourth-order valence-electron chi connectivity index (χ4n) is 2.15. The molecule has 0 unspecified atom stereocenters. The Kier molecular flexibility index (Phi) is 3.70. The zero-order valence-corrected chi connectivity index (χ0v) is 12.8. The van der Waals surface area contributed by atoms with E-state index in [0.29, 0.717) is 17.9 Å². The first-order valence-corrected chi connectivity index (χ1v) is 7.85. The summed E-state index contributed by atoms with van der Waals surface area (Å²) in [4.78, 5) is 0.0980. The van der Waals surface area contributed by atoms with E-state index in [1.807, 2.05) is 30.8 Å². The first-order valence-electron chi connectivity index (χ1n) is 6.31. The van der Waals surface area contributed by atoms with Crippen LogP contribution < -0.4 is 5.14 Å². The van der Waals surface area contributed by atoms with Crippen molar-refractivity contribution >= 4 is 10.0 Å². The van der Waals surface area contributed by atoms with E-state index in [2.05, 4.69) is 10.2 Å². The molecule has 0 fully saturated rings. The number of aryl methyl sites for hydroxylation is 1. The summed E-state index contributed by atoms with van der Waals surface area (Å²) in [5, 5.41) is 13.9. The van der Waals surface area contributed by atoms with Crippen LogP contribution in [0.5, 0.6) is 0 Å². The average Bonchev–Trinajstić information content (AvgIpc) is 2.84. The molecular weight excluding hydrogens is 278 g/mol. The van der Waals surface area contributed by atoms with Gasteiger partial charge in [-0.25, -0.2) is 13.6 Å². The van der Waals surface area contributed by atoms with Crippen LogP contribution >= 0.6 is 0 Å². The van der Waals surface area contributed by atoms with Gasteiger partial charge < -0.3 is 0 Å². The van der Waals surface area contributed by atoms with Crippen molar-refractivity contribution < 1.29 is 8.42 Å². The lowest BCUT2D eigenvalue weighted by Crippen LogP contribution is -2.14. The summed E-state index contributed by atoms with van der Waals surface area (Å²) in [5.41, 5.74) is 1.77. The Hall–Kier alpha value is -1.67. The van der Waals surface area contributed by atoms with Crippen LogP contribution in [-0.4, -0.2) is 28.0 Å². The van der Waals surface area contributed by atoms with Gasteiger partial charge in [-0.15, -0.1) is 0 Å². The van der Waals surface area contributed by atoms with Gasteiger partial charge in [-0.05, 0) is 33.8 Å². The third-order valence-electron chi connectivity index (χ3n) is 3.10. The molecule has 2 aromatic heterocycles. The molecule has 0 atom stereocenters. The molecule has 0 amide bonds. The molecule has 110 valence electrons. The number of sulfonamides is 1. The molecule has 0 aliphatic carbocycles. The summed E-state index contributed by atoms with van der Waals surface area (Å²) in [5.74, 6) is 0. The van der Waals surface area contributed by atoms with Gasteiger partial charge in [0.25, 0.3) is 0 Å². The molecule has 20 heavy (non-hydrogen) atoms. The highest BCUT2D eigenvalue weighted by atomic mass is 32.2. The van der Waals surface area contributed by atoms with Gasteiger partial charge in [0.2, 0.25) is 10.0 Å².